The number of nitrogens with zero attached hydrogens (tertiary/aromatic N) is 2. The lowest BCUT2D eigenvalue weighted by Crippen LogP contribution is -2.25. The molecule has 1 fully saturated rings. The van der Waals surface area contributed by atoms with Crippen molar-refractivity contribution in [1.29, 1.82) is 5.26 Å². The van der Waals surface area contributed by atoms with Gasteiger partial charge in [-0.15, -0.1) is 0 Å². The van der Waals surface area contributed by atoms with E-state index in [2.05, 4.69) is 29.2 Å². The van der Waals surface area contributed by atoms with Crippen molar-refractivity contribution in [3.63, 3.8) is 0 Å². The summed E-state index contributed by atoms with van der Waals surface area (Å²) in [4.78, 5) is 2.46. The fourth-order valence-electron chi connectivity index (χ4n) is 2.60. The van der Waals surface area contributed by atoms with Crippen LogP contribution < -0.4 is 5.73 Å². The van der Waals surface area contributed by atoms with Crippen LogP contribution in [0.15, 0.2) is 48.5 Å². The minimum Gasteiger partial charge on any atom is -0.399 e. The van der Waals surface area contributed by atoms with Gasteiger partial charge in [-0.2, -0.15) is 5.26 Å². The SMILES string of the molecule is N#Cc1ccccc1CN(Cc1ccc(N)cc1)C1CC1. The molecule has 106 valence electrons. The van der Waals surface area contributed by atoms with E-state index in [-0.39, 0.29) is 0 Å². The van der Waals surface area contributed by atoms with Crippen LogP contribution in [0.4, 0.5) is 5.69 Å². The molecule has 0 amide bonds. The highest BCUT2D eigenvalue weighted by Crippen LogP contribution is 2.30. The molecule has 2 aromatic carbocycles. The molecular weight excluding hydrogens is 258 g/mol. The van der Waals surface area contributed by atoms with Crippen molar-refractivity contribution in [2.45, 2.75) is 32.0 Å². The lowest BCUT2D eigenvalue weighted by Gasteiger charge is -2.22. The zero-order chi connectivity index (χ0) is 14.7. The molecule has 3 rings (SSSR count). The molecule has 0 spiro atoms. The summed E-state index contributed by atoms with van der Waals surface area (Å²) in [5, 5.41) is 9.22. The molecule has 1 aliphatic rings. The first-order valence-electron chi connectivity index (χ1n) is 7.33. The second-order valence-corrected chi connectivity index (χ2v) is 5.65. The number of nitriles is 1. The molecule has 0 radical (unpaired) electrons. The molecule has 0 saturated heterocycles. The van der Waals surface area contributed by atoms with Gasteiger partial charge in [0.2, 0.25) is 0 Å². The molecular formula is C18H19N3. The molecule has 0 heterocycles. The van der Waals surface area contributed by atoms with Gasteiger partial charge in [0.15, 0.2) is 0 Å². The molecule has 3 heteroatoms. The Morgan fingerprint density at radius 3 is 2.43 bits per heavy atom. The van der Waals surface area contributed by atoms with Crippen LogP contribution in [0.1, 0.15) is 29.5 Å². The Balaban J connectivity index is 1.76. The van der Waals surface area contributed by atoms with E-state index in [9.17, 15) is 5.26 Å². The van der Waals surface area contributed by atoms with Gasteiger partial charge < -0.3 is 5.73 Å². The van der Waals surface area contributed by atoms with Gasteiger partial charge in [-0.25, -0.2) is 0 Å². The van der Waals surface area contributed by atoms with Gasteiger partial charge in [-0.3, -0.25) is 4.90 Å². The molecule has 2 aromatic rings. The van der Waals surface area contributed by atoms with Crippen LogP contribution in [-0.4, -0.2) is 10.9 Å². The van der Waals surface area contributed by atoms with E-state index in [0.29, 0.717) is 6.04 Å². The number of benzene rings is 2. The topological polar surface area (TPSA) is 53.0 Å². The Morgan fingerprint density at radius 2 is 1.76 bits per heavy atom. The molecule has 1 saturated carbocycles. The summed E-state index contributed by atoms with van der Waals surface area (Å²) < 4.78 is 0. The number of nitrogens with two attached hydrogens (primary N) is 1. The molecule has 0 bridgehead atoms. The van der Waals surface area contributed by atoms with Gasteiger partial charge in [0.05, 0.1) is 11.6 Å². The molecule has 3 nitrogen and oxygen atoms in total. The van der Waals surface area contributed by atoms with Gasteiger partial charge in [-0.05, 0) is 42.2 Å². The molecule has 2 N–H and O–H groups in total. The lowest BCUT2D eigenvalue weighted by atomic mass is 10.1. The van der Waals surface area contributed by atoms with Crippen LogP contribution in [0, 0.1) is 11.3 Å². The third-order valence-electron chi connectivity index (χ3n) is 3.94. The van der Waals surface area contributed by atoms with Crippen LogP contribution in [0.3, 0.4) is 0 Å². The standard InChI is InChI=1S/C18H19N3/c19-11-15-3-1-2-4-16(15)13-21(18-9-10-18)12-14-5-7-17(20)8-6-14/h1-8,18H,9-10,12-13,20H2. The zero-order valence-corrected chi connectivity index (χ0v) is 12.0. The van der Waals surface area contributed by atoms with E-state index in [1.165, 1.54) is 18.4 Å². The van der Waals surface area contributed by atoms with Crippen LogP contribution in [0.25, 0.3) is 0 Å². The average molecular weight is 277 g/mol. The first-order chi connectivity index (χ1) is 10.3. The lowest BCUT2D eigenvalue weighted by molar-refractivity contribution is 0.245. The number of hydrogen-bond donors (Lipinski definition) is 1. The molecule has 0 unspecified atom stereocenters. The molecule has 1 aliphatic carbocycles. The minimum absolute atomic E-state index is 0.648. The van der Waals surface area contributed by atoms with E-state index >= 15 is 0 Å². The Labute approximate surface area is 125 Å². The summed E-state index contributed by atoms with van der Waals surface area (Å²) in [6, 6.07) is 18.9. The maximum absolute atomic E-state index is 9.22. The van der Waals surface area contributed by atoms with Crippen molar-refractivity contribution in [2.75, 3.05) is 5.73 Å². The maximum atomic E-state index is 9.22. The van der Waals surface area contributed by atoms with Crippen molar-refractivity contribution in [2.24, 2.45) is 0 Å². The quantitative estimate of drug-likeness (QED) is 0.853. The van der Waals surface area contributed by atoms with E-state index in [1.807, 2.05) is 30.3 Å². The summed E-state index contributed by atoms with van der Waals surface area (Å²) in [5.74, 6) is 0. The summed E-state index contributed by atoms with van der Waals surface area (Å²) in [6.07, 6.45) is 2.51. The van der Waals surface area contributed by atoms with Crippen LogP contribution in [-0.2, 0) is 13.1 Å². The largest absolute Gasteiger partial charge is 0.399 e. The fourth-order valence-corrected chi connectivity index (χ4v) is 2.60. The Bertz CT molecular complexity index is 651. The minimum atomic E-state index is 0.648. The van der Waals surface area contributed by atoms with Gasteiger partial charge in [-0.1, -0.05) is 30.3 Å². The Kier molecular flexibility index (Phi) is 3.89. The highest BCUT2D eigenvalue weighted by molar-refractivity contribution is 5.40. The summed E-state index contributed by atoms with van der Waals surface area (Å²) in [6.45, 7) is 1.74. The number of hydrogen-bond acceptors (Lipinski definition) is 3. The van der Waals surface area contributed by atoms with E-state index < -0.39 is 0 Å². The number of rotatable bonds is 5. The van der Waals surface area contributed by atoms with Crippen LogP contribution in [0.2, 0.25) is 0 Å². The third kappa shape index (κ3) is 3.42. The molecule has 0 aromatic heterocycles. The molecule has 0 atom stereocenters. The first-order valence-corrected chi connectivity index (χ1v) is 7.33. The van der Waals surface area contributed by atoms with Crippen molar-refractivity contribution < 1.29 is 0 Å². The van der Waals surface area contributed by atoms with E-state index in [4.69, 9.17) is 5.73 Å². The Morgan fingerprint density at radius 1 is 1.05 bits per heavy atom. The number of anilines is 1. The van der Waals surface area contributed by atoms with Crippen molar-refractivity contribution in [1.82, 2.24) is 4.90 Å². The summed E-state index contributed by atoms with van der Waals surface area (Å²) in [7, 11) is 0. The monoisotopic (exact) mass is 277 g/mol. The Hall–Kier alpha value is -2.31. The normalized spacial score (nSPS) is 14.1. The fraction of sp³-hybridized carbons (Fsp3) is 0.278. The highest BCUT2D eigenvalue weighted by atomic mass is 15.2. The summed E-state index contributed by atoms with van der Waals surface area (Å²) >= 11 is 0. The van der Waals surface area contributed by atoms with E-state index in [0.717, 1.165) is 29.9 Å². The van der Waals surface area contributed by atoms with Gasteiger partial charge in [0.25, 0.3) is 0 Å². The number of nitrogen functional groups attached to an aromatic ring is 1. The highest BCUT2D eigenvalue weighted by Gasteiger charge is 2.29. The maximum Gasteiger partial charge on any atom is 0.0995 e. The van der Waals surface area contributed by atoms with Gasteiger partial charge >= 0.3 is 0 Å². The molecule has 21 heavy (non-hydrogen) atoms. The zero-order valence-electron chi connectivity index (χ0n) is 12.0. The second-order valence-electron chi connectivity index (χ2n) is 5.65. The van der Waals surface area contributed by atoms with E-state index in [1.54, 1.807) is 0 Å². The third-order valence-corrected chi connectivity index (χ3v) is 3.94. The van der Waals surface area contributed by atoms with Crippen molar-refractivity contribution in [3.05, 3.63) is 65.2 Å². The van der Waals surface area contributed by atoms with Crippen LogP contribution >= 0.6 is 0 Å². The smallest absolute Gasteiger partial charge is 0.0995 e. The predicted molar refractivity (Wildman–Crippen MR) is 84.3 cm³/mol. The average Bonchev–Trinajstić information content (AvgIpc) is 3.34. The van der Waals surface area contributed by atoms with Crippen molar-refractivity contribution >= 4 is 5.69 Å². The second kappa shape index (κ2) is 5.99. The summed E-state index contributed by atoms with van der Waals surface area (Å²) in [5.41, 5.74) is 9.70. The molecule has 0 aliphatic heterocycles. The first kappa shape index (κ1) is 13.7. The van der Waals surface area contributed by atoms with Gasteiger partial charge in [0, 0.05) is 24.8 Å². The van der Waals surface area contributed by atoms with Crippen molar-refractivity contribution in [3.8, 4) is 6.07 Å². The van der Waals surface area contributed by atoms with Gasteiger partial charge in [0.1, 0.15) is 0 Å². The van der Waals surface area contributed by atoms with Crippen LogP contribution in [0.5, 0.6) is 0 Å². The predicted octanol–water partition coefficient (Wildman–Crippen LogP) is 3.31.